The summed E-state index contributed by atoms with van der Waals surface area (Å²) >= 11 is 0. The van der Waals surface area contributed by atoms with Crippen LogP contribution in [0.5, 0.6) is 0 Å². The van der Waals surface area contributed by atoms with Crippen molar-refractivity contribution in [2.75, 3.05) is 11.9 Å². The summed E-state index contributed by atoms with van der Waals surface area (Å²) in [5.41, 5.74) is 1.73. The standard InChI is InChI=1S/C24H23F3N4O2/c1-15(2)17-6-8-19(9-7-17)28-22(32)20-13-21-23(33)30(10-11-31(21)29-20)14-16-4-3-5-18(12-16)24(25,26)27/h3-9,12-13,15H,10-11,14H2,1-2H3,(H,28,32). The molecule has 0 saturated carbocycles. The highest BCUT2D eigenvalue weighted by molar-refractivity contribution is 6.04. The third-order valence-corrected chi connectivity index (χ3v) is 5.56. The van der Waals surface area contributed by atoms with Crippen LogP contribution in [0.1, 0.15) is 57.4 Å². The summed E-state index contributed by atoms with van der Waals surface area (Å²) in [6, 6.07) is 13.8. The van der Waals surface area contributed by atoms with Gasteiger partial charge in [-0.1, -0.05) is 38.1 Å². The molecule has 1 N–H and O–H groups in total. The zero-order valence-corrected chi connectivity index (χ0v) is 18.2. The highest BCUT2D eigenvalue weighted by atomic mass is 19.4. The van der Waals surface area contributed by atoms with E-state index in [0.717, 1.165) is 17.7 Å². The van der Waals surface area contributed by atoms with Crippen molar-refractivity contribution < 1.29 is 22.8 Å². The lowest BCUT2D eigenvalue weighted by molar-refractivity contribution is -0.137. The molecule has 0 fully saturated rings. The van der Waals surface area contributed by atoms with Gasteiger partial charge in [0.2, 0.25) is 0 Å². The molecule has 0 aliphatic carbocycles. The van der Waals surface area contributed by atoms with Gasteiger partial charge in [0.05, 0.1) is 12.1 Å². The molecule has 1 aliphatic rings. The molecule has 1 aromatic heterocycles. The van der Waals surface area contributed by atoms with Crippen molar-refractivity contribution in [1.82, 2.24) is 14.7 Å². The molecular formula is C24H23F3N4O2. The number of rotatable bonds is 5. The summed E-state index contributed by atoms with van der Waals surface area (Å²) in [4.78, 5) is 27.0. The van der Waals surface area contributed by atoms with Crippen LogP contribution in [-0.2, 0) is 19.3 Å². The molecule has 0 unspecified atom stereocenters. The molecule has 33 heavy (non-hydrogen) atoms. The molecule has 172 valence electrons. The molecular weight excluding hydrogens is 433 g/mol. The number of carbonyl (C=O) groups is 2. The number of amides is 2. The number of hydrogen-bond acceptors (Lipinski definition) is 3. The zero-order valence-electron chi connectivity index (χ0n) is 18.2. The smallest absolute Gasteiger partial charge is 0.331 e. The summed E-state index contributed by atoms with van der Waals surface area (Å²) in [6.45, 7) is 4.82. The van der Waals surface area contributed by atoms with Crippen molar-refractivity contribution in [2.45, 2.75) is 39.0 Å². The van der Waals surface area contributed by atoms with Gasteiger partial charge < -0.3 is 10.2 Å². The van der Waals surface area contributed by atoms with Gasteiger partial charge in [-0.25, -0.2) is 0 Å². The molecule has 0 saturated heterocycles. The largest absolute Gasteiger partial charge is 0.416 e. The summed E-state index contributed by atoms with van der Waals surface area (Å²) in [5.74, 6) is -0.447. The lowest BCUT2D eigenvalue weighted by atomic mass is 10.0. The minimum absolute atomic E-state index is 0.0393. The first-order valence-electron chi connectivity index (χ1n) is 10.6. The number of aromatic nitrogens is 2. The van der Waals surface area contributed by atoms with Crippen LogP contribution in [0.15, 0.2) is 54.6 Å². The number of hydrogen-bond donors (Lipinski definition) is 1. The van der Waals surface area contributed by atoms with E-state index in [0.29, 0.717) is 23.7 Å². The number of benzene rings is 2. The number of carbonyl (C=O) groups excluding carboxylic acids is 2. The van der Waals surface area contributed by atoms with E-state index in [1.807, 2.05) is 24.3 Å². The number of halogens is 3. The Bertz CT molecular complexity index is 1180. The fourth-order valence-corrected chi connectivity index (χ4v) is 3.71. The Morgan fingerprint density at radius 2 is 1.82 bits per heavy atom. The number of fused-ring (bicyclic) bond motifs is 1. The third-order valence-electron chi connectivity index (χ3n) is 5.56. The van der Waals surface area contributed by atoms with Crippen molar-refractivity contribution in [3.8, 4) is 0 Å². The van der Waals surface area contributed by atoms with Crippen LogP contribution in [-0.4, -0.2) is 33.0 Å². The highest BCUT2D eigenvalue weighted by Crippen LogP contribution is 2.30. The Morgan fingerprint density at radius 1 is 1.09 bits per heavy atom. The molecule has 2 aromatic carbocycles. The van der Waals surface area contributed by atoms with E-state index in [2.05, 4.69) is 24.3 Å². The number of anilines is 1. The summed E-state index contributed by atoms with van der Waals surface area (Å²) in [7, 11) is 0. The Hall–Kier alpha value is -3.62. The summed E-state index contributed by atoms with van der Waals surface area (Å²) < 4.78 is 40.4. The fraction of sp³-hybridized carbons (Fsp3) is 0.292. The van der Waals surface area contributed by atoms with Crippen molar-refractivity contribution in [2.24, 2.45) is 0 Å². The highest BCUT2D eigenvalue weighted by Gasteiger charge is 2.31. The Labute approximate surface area is 189 Å². The monoisotopic (exact) mass is 456 g/mol. The predicted octanol–water partition coefficient (Wildman–Crippen LogP) is 4.93. The van der Waals surface area contributed by atoms with Gasteiger partial charge in [-0.05, 0) is 41.3 Å². The minimum Gasteiger partial charge on any atom is -0.331 e. The van der Waals surface area contributed by atoms with E-state index in [1.54, 1.807) is 6.07 Å². The van der Waals surface area contributed by atoms with Crippen LogP contribution in [0.4, 0.5) is 18.9 Å². The van der Waals surface area contributed by atoms with E-state index in [9.17, 15) is 22.8 Å². The first-order valence-corrected chi connectivity index (χ1v) is 10.6. The fourth-order valence-electron chi connectivity index (χ4n) is 3.71. The Balaban J connectivity index is 1.46. The molecule has 2 heterocycles. The molecule has 2 amide bonds. The van der Waals surface area contributed by atoms with E-state index in [-0.39, 0.29) is 30.4 Å². The second-order valence-electron chi connectivity index (χ2n) is 8.29. The van der Waals surface area contributed by atoms with Gasteiger partial charge in [-0.15, -0.1) is 0 Å². The SMILES string of the molecule is CC(C)c1ccc(NC(=O)c2cc3n(n2)CCN(Cc2cccc(C(F)(F)F)c2)C3=O)cc1. The van der Waals surface area contributed by atoms with E-state index >= 15 is 0 Å². The van der Waals surface area contributed by atoms with Crippen molar-refractivity contribution in [3.63, 3.8) is 0 Å². The van der Waals surface area contributed by atoms with Gasteiger partial charge in [0.25, 0.3) is 11.8 Å². The molecule has 0 radical (unpaired) electrons. The van der Waals surface area contributed by atoms with Crippen LogP contribution in [0.3, 0.4) is 0 Å². The van der Waals surface area contributed by atoms with Crippen molar-refractivity contribution >= 4 is 17.5 Å². The zero-order chi connectivity index (χ0) is 23.8. The normalized spacial score (nSPS) is 13.9. The Morgan fingerprint density at radius 3 is 2.48 bits per heavy atom. The topological polar surface area (TPSA) is 67.2 Å². The molecule has 4 rings (SSSR count). The number of alkyl halides is 3. The molecule has 9 heteroatoms. The van der Waals surface area contributed by atoms with E-state index in [1.165, 1.54) is 21.7 Å². The van der Waals surface area contributed by atoms with Crippen LogP contribution >= 0.6 is 0 Å². The molecule has 1 aliphatic heterocycles. The molecule has 0 spiro atoms. The first kappa shape index (κ1) is 22.6. The van der Waals surface area contributed by atoms with Crippen LogP contribution < -0.4 is 5.32 Å². The molecule has 3 aromatic rings. The minimum atomic E-state index is -4.45. The first-order chi connectivity index (χ1) is 15.6. The number of nitrogens with zero attached hydrogens (tertiary/aromatic N) is 3. The summed E-state index contributed by atoms with van der Waals surface area (Å²) in [6.07, 6.45) is -4.45. The van der Waals surface area contributed by atoms with Gasteiger partial charge in [-0.2, -0.15) is 18.3 Å². The van der Waals surface area contributed by atoms with Gasteiger partial charge in [-0.3, -0.25) is 14.3 Å². The average Bonchev–Trinajstić information content (AvgIpc) is 3.21. The average molecular weight is 456 g/mol. The Kier molecular flexibility index (Phi) is 5.97. The van der Waals surface area contributed by atoms with Gasteiger partial charge in [0.15, 0.2) is 5.69 Å². The third kappa shape index (κ3) is 4.92. The lowest BCUT2D eigenvalue weighted by Crippen LogP contribution is -2.39. The second kappa shape index (κ2) is 8.73. The van der Waals surface area contributed by atoms with Gasteiger partial charge in [0.1, 0.15) is 5.69 Å². The van der Waals surface area contributed by atoms with E-state index in [4.69, 9.17) is 0 Å². The quantitative estimate of drug-likeness (QED) is 0.592. The second-order valence-corrected chi connectivity index (χ2v) is 8.29. The summed E-state index contributed by atoms with van der Waals surface area (Å²) in [5, 5.41) is 7.01. The lowest BCUT2D eigenvalue weighted by Gasteiger charge is -2.27. The van der Waals surface area contributed by atoms with Crippen LogP contribution in [0.2, 0.25) is 0 Å². The maximum absolute atomic E-state index is 13.0. The van der Waals surface area contributed by atoms with Crippen LogP contribution in [0, 0.1) is 0 Å². The van der Waals surface area contributed by atoms with Crippen LogP contribution in [0.25, 0.3) is 0 Å². The molecule has 6 nitrogen and oxygen atoms in total. The van der Waals surface area contributed by atoms with Crippen molar-refractivity contribution in [1.29, 1.82) is 0 Å². The van der Waals surface area contributed by atoms with E-state index < -0.39 is 17.6 Å². The van der Waals surface area contributed by atoms with Gasteiger partial charge in [0, 0.05) is 24.8 Å². The number of nitrogens with one attached hydrogen (secondary N) is 1. The van der Waals surface area contributed by atoms with Crippen molar-refractivity contribution in [3.05, 3.63) is 82.7 Å². The maximum atomic E-state index is 13.0. The molecule has 0 atom stereocenters. The molecule has 0 bridgehead atoms. The predicted molar refractivity (Wildman–Crippen MR) is 117 cm³/mol. The van der Waals surface area contributed by atoms with Gasteiger partial charge >= 0.3 is 6.18 Å². The maximum Gasteiger partial charge on any atom is 0.416 e.